The fraction of sp³-hybridized carbons (Fsp3) is 0.565. The number of hydrogen-bond acceptors (Lipinski definition) is 6. The van der Waals surface area contributed by atoms with Crippen molar-refractivity contribution in [3.05, 3.63) is 55.8 Å². The average molecular weight is 479 g/mol. The summed E-state index contributed by atoms with van der Waals surface area (Å²) >= 11 is 6.27. The number of carbonyl (C=O) groups is 1. The second-order valence-corrected chi connectivity index (χ2v) is 9.90. The van der Waals surface area contributed by atoms with E-state index < -0.39 is 22.8 Å². The molecule has 0 saturated heterocycles. The molecule has 0 spiro atoms. The van der Waals surface area contributed by atoms with E-state index in [1.807, 2.05) is 0 Å². The normalized spacial score (nSPS) is 16.3. The molecule has 10 heteroatoms. The molecule has 3 rings (SSSR count). The molecule has 0 unspecified atom stereocenters. The second-order valence-electron chi connectivity index (χ2n) is 9.49. The van der Waals surface area contributed by atoms with Crippen molar-refractivity contribution in [2.75, 3.05) is 13.2 Å². The Morgan fingerprint density at radius 3 is 2.48 bits per heavy atom. The number of aliphatic hydroxyl groups excluding tert-OH is 1. The SMILES string of the molecule is CC(C)(O)Cn1c(=O)cnn(-c2ccc(Cl)c(C(=O)NCC3(CO)CCCCCC3)c2)c1=O. The molecule has 1 saturated carbocycles. The average Bonchev–Trinajstić information content (AvgIpc) is 3.01. The van der Waals surface area contributed by atoms with Crippen LogP contribution in [0.15, 0.2) is 34.0 Å². The van der Waals surface area contributed by atoms with Gasteiger partial charge < -0.3 is 15.5 Å². The standard InChI is InChI=1S/C23H31ClN4O5/c1-22(2,33)14-27-19(30)12-26-28(21(27)32)16-7-8-18(24)17(11-16)20(31)25-13-23(15-29)9-5-3-4-6-10-23/h7-8,11-12,29,33H,3-6,9-10,13-15H2,1-2H3,(H,25,31). The molecule has 0 aliphatic heterocycles. The third-order valence-electron chi connectivity index (χ3n) is 6.07. The minimum atomic E-state index is -1.28. The first-order chi connectivity index (χ1) is 15.6. The van der Waals surface area contributed by atoms with Gasteiger partial charge in [-0.3, -0.25) is 14.2 Å². The van der Waals surface area contributed by atoms with Gasteiger partial charge in [0.15, 0.2) is 0 Å². The summed E-state index contributed by atoms with van der Waals surface area (Å²) in [5, 5.41) is 27.0. The molecule has 1 fully saturated rings. The molecular weight excluding hydrogens is 448 g/mol. The molecule has 1 heterocycles. The van der Waals surface area contributed by atoms with E-state index in [-0.39, 0.29) is 34.8 Å². The number of benzene rings is 1. The van der Waals surface area contributed by atoms with E-state index in [0.29, 0.717) is 6.54 Å². The summed E-state index contributed by atoms with van der Waals surface area (Å²) in [6.07, 6.45) is 6.96. The largest absolute Gasteiger partial charge is 0.396 e. The lowest BCUT2D eigenvalue weighted by Crippen LogP contribution is -2.45. The molecule has 0 atom stereocenters. The maximum absolute atomic E-state index is 13.0. The van der Waals surface area contributed by atoms with Gasteiger partial charge in [-0.25, -0.2) is 4.79 Å². The number of halogens is 1. The topological polar surface area (TPSA) is 126 Å². The molecule has 1 aliphatic rings. The minimum absolute atomic E-state index is 0.00309. The number of hydrogen-bond donors (Lipinski definition) is 3. The Kier molecular flexibility index (Phi) is 7.76. The van der Waals surface area contributed by atoms with Crippen LogP contribution < -0.4 is 16.6 Å². The Morgan fingerprint density at radius 2 is 1.88 bits per heavy atom. The van der Waals surface area contributed by atoms with Crippen LogP contribution in [0.1, 0.15) is 62.7 Å². The molecule has 3 N–H and O–H groups in total. The second kappa shape index (κ2) is 10.2. The summed E-state index contributed by atoms with van der Waals surface area (Å²) in [6, 6.07) is 4.44. The van der Waals surface area contributed by atoms with Crippen LogP contribution in [0.3, 0.4) is 0 Å². The minimum Gasteiger partial charge on any atom is -0.396 e. The van der Waals surface area contributed by atoms with E-state index >= 15 is 0 Å². The van der Waals surface area contributed by atoms with Gasteiger partial charge in [-0.05, 0) is 44.9 Å². The molecule has 33 heavy (non-hydrogen) atoms. The van der Waals surface area contributed by atoms with Crippen LogP contribution in [0, 0.1) is 5.41 Å². The zero-order valence-corrected chi connectivity index (χ0v) is 19.8. The van der Waals surface area contributed by atoms with Crippen LogP contribution in [0.5, 0.6) is 0 Å². The van der Waals surface area contributed by atoms with Crippen molar-refractivity contribution in [1.29, 1.82) is 0 Å². The van der Waals surface area contributed by atoms with Crippen molar-refractivity contribution in [3.63, 3.8) is 0 Å². The predicted octanol–water partition coefficient (Wildman–Crippen LogP) is 1.88. The molecule has 1 amide bonds. The summed E-state index contributed by atoms with van der Waals surface area (Å²) in [6.45, 7) is 3.10. The van der Waals surface area contributed by atoms with Crippen LogP contribution in [0.4, 0.5) is 0 Å². The first-order valence-corrected chi connectivity index (χ1v) is 11.5. The summed E-state index contributed by atoms with van der Waals surface area (Å²) in [5.74, 6) is -0.420. The van der Waals surface area contributed by atoms with Gasteiger partial charge in [0.2, 0.25) is 0 Å². The van der Waals surface area contributed by atoms with Gasteiger partial charge in [-0.15, -0.1) is 0 Å². The van der Waals surface area contributed by atoms with Crippen molar-refractivity contribution < 1.29 is 15.0 Å². The van der Waals surface area contributed by atoms with E-state index in [2.05, 4.69) is 10.4 Å². The molecular formula is C23H31ClN4O5. The quantitative estimate of drug-likeness (QED) is 0.521. The van der Waals surface area contributed by atoms with Gasteiger partial charge in [0.25, 0.3) is 11.5 Å². The highest BCUT2D eigenvalue weighted by atomic mass is 35.5. The third kappa shape index (κ3) is 6.10. The van der Waals surface area contributed by atoms with E-state index in [4.69, 9.17) is 11.6 Å². The van der Waals surface area contributed by atoms with Crippen molar-refractivity contribution >= 4 is 17.5 Å². The highest BCUT2D eigenvalue weighted by Crippen LogP contribution is 2.34. The Balaban J connectivity index is 1.88. The predicted molar refractivity (Wildman–Crippen MR) is 125 cm³/mol. The molecule has 0 radical (unpaired) electrons. The van der Waals surface area contributed by atoms with Gasteiger partial charge in [-0.1, -0.05) is 37.3 Å². The number of nitrogens with zero attached hydrogens (tertiary/aromatic N) is 3. The van der Waals surface area contributed by atoms with Crippen LogP contribution >= 0.6 is 11.6 Å². The maximum atomic E-state index is 13.0. The molecule has 9 nitrogen and oxygen atoms in total. The highest BCUT2D eigenvalue weighted by Gasteiger charge is 2.31. The lowest BCUT2D eigenvalue weighted by molar-refractivity contribution is 0.0585. The Bertz CT molecular complexity index is 1110. The molecule has 1 aromatic carbocycles. The third-order valence-corrected chi connectivity index (χ3v) is 6.40. The number of carbonyl (C=O) groups excluding carboxylic acids is 1. The van der Waals surface area contributed by atoms with Crippen molar-refractivity contribution in [1.82, 2.24) is 19.7 Å². The van der Waals surface area contributed by atoms with Crippen molar-refractivity contribution in [3.8, 4) is 5.69 Å². The van der Waals surface area contributed by atoms with Gasteiger partial charge >= 0.3 is 5.69 Å². The molecule has 2 aromatic rings. The Hall–Kier alpha value is -2.49. The van der Waals surface area contributed by atoms with E-state index in [1.165, 1.54) is 32.0 Å². The first kappa shape index (κ1) is 25.1. The van der Waals surface area contributed by atoms with E-state index in [1.54, 1.807) is 0 Å². The first-order valence-electron chi connectivity index (χ1n) is 11.2. The van der Waals surface area contributed by atoms with E-state index in [9.17, 15) is 24.6 Å². The Labute approximate surface area is 197 Å². The summed E-state index contributed by atoms with van der Waals surface area (Å²) in [4.78, 5) is 37.9. The van der Waals surface area contributed by atoms with Crippen LogP contribution in [0.2, 0.25) is 5.02 Å². The smallest absolute Gasteiger partial charge is 0.352 e. The fourth-order valence-electron chi connectivity index (χ4n) is 4.20. The number of amides is 1. The van der Waals surface area contributed by atoms with Crippen LogP contribution in [-0.4, -0.2) is 49.2 Å². The lowest BCUT2D eigenvalue weighted by atomic mass is 9.81. The van der Waals surface area contributed by atoms with Gasteiger partial charge in [0.1, 0.15) is 6.20 Å². The van der Waals surface area contributed by atoms with Crippen LogP contribution in [0.25, 0.3) is 5.69 Å². The van der Waals surface area contributed by atoms with Crippen molar-refractivity contribution in [2.45, 2.75) is 64.5 Å². The number of nitrogens with one attached hydrogen (secondary N) is 1. The van der Waals surface area contributed by atoms with Crippen molar-refractivity contribution in [2.24, 2.45) is 5.41 Å². The molecule has 1 aromatic heterocycles. The summed E-state index contributed by atoms with van der Waals surface area (Å²) in [7, 11) is 0. The Morgan fingerprint density at radius 1 is 1.21 bits per heavy atom. The molecule has 1 aliphatic carbocycles. The highest BCUT2D eigenvalue weighted by molar-refractivity contribution is 6.33. The number of aromatic nitrogens is 3. The van der Waals surface area contributed by atoms with Gasteiger partial charge in [0, 0.05) is 12.0 Å². The number of rotatable bonds is 7. The zero-order valence-electron chi connectivity index (χ0n) is 19.0. The van der Waals surface area contributed by atoms with Gasteiger partial charge in [-0.2, -0.15) is 9.78 Å². The molecule has 0 bridgehead atoms. The summed E-state index contributed by atoms with van der Waals surface area (Å²) < 4.78 is 1.87. The van der Waals surface area contributed by atoms with Gasteiger partial charge in [0.05, 0.1) is 35.0 Å². The monoisotopic (exact) mass is 478 g/mol. The molecule has 180 valence electrons. The fourth-order valence-corrected chi connectivity index (χ4v) is 4.40. The lowest BCUT2D eigenvalue weighted by Gasteiger charge is -2.31. The number of aliphatic hydroxyl groups is 2. The summed E-state index contributed by atoms with van der Waals surface area (Å²) in [5.41, 5.74) is -2.59. The van der Waals surface area contributed by atoms with Crippen LogP contribution in [-0.2, 0) is 6.54 Å². The maximum Gasteiger partial charge on any atom is 0.352 e. The van der Waals surface area contributed by atoms with E-state index in [0.717, 1.165) is 54.0 Å². The zero-order chi connectivity index (χ0) is 24.2.